The highest BCUT2D eigenvalue weighted by atomic mass is 32.2. The summed E-state index contributed by atoms with van der Waals surface area (Å²) >= 11 is 1.50. The van der Waals surface area contributed by atoms with Gasteiger partial charge < -0.3 is 14.6 Å². The molecule has 1 aliphatic heterocycles. The molecule has 25 heavy (non-hydrogen) atoms. The van der Waals surface area contributed by atoms with E-state index >= 15 is 0 Å². The molecule has 0 aromatic carbocycles. The third-order valence-corrected chi connectivity index (χ3v) is 5.95. The van der Waals surface area contributed by atoms with Crippen LogP contribution in [0.3, 0.4) is 0 Å². The quantitative estimate of drug-likeness (QED) is 0.717. The van der Waals surface area contributed by atoms with Gasteiger partial charge in [0.1, 0.15) is 5.82 Å². The number of aryl methyl sites for hydroxylation is 1. The minimum atomic E-state index is 0.112. The third-order valence-electron chi connectivity index (χ3n) is 4.98. The summed E-state index contributed by atoms with van der Waals surface area (Å²) in [6.07, 6.45) is 10.4. The Morgan fingerprint density at radius 3 is 2.80 bits per heavy atom. The van der Waals surface area contributed by atoms with Crippen molar-refractivity contribution in [3.63, 3.8) is 0 Å². The number of hydrogen-bond acceptors (Lipinski definition) is 5. The Labute approximate surface area is 154 Å². The van der Waals surface area contributed by atoms with Gasteiger partial charge in [-0.3, -0.25) is 4.79 Å². The first kappa shape index (κ1) is 18.7. The summed E-state index contributed by atoms with van der Waals surface area (Å²) in [5, 5.41) is 12.7. The standard InChI is InChI=1S/C18H30N4O2S/c1-2-7-16-20-21-18(22(16)12-15-10-6-11-24-15)25-13-17(23)19-14-8-4-3-5-9-14/h14-15H,2-13H2,1H3,(H,19,23)/t15-/m0/s1. The van der Waals surface area contributed by atoms with Gasteiger partial charge in [-0.1, -0.05) is 37.9 Å². The maximum atomic E-state index is 12.3. The number of carbonyl (C=O) groups excluding carboxylic acids is 1. The Kier molecular flexibility index (Phi) is 7.16. The van der Waals surface area contributed by atoms with E-state index in [1.807, 2.05) is 0 Å². The predicted molar refractivity (Wildman–Crippen MR) is 98.7 cm³/mol. The molecular weight excluding hydrogens is 336 g/mol. The van der Waals surface area contributed by atoms with Crippen molar-refractivity contribution in [2.24, 2.45) is 0 Å². The number of rotatable bonds is 8. The Bertz CT molecular complexity index is 551. The maximum Gasteiger partial charge on any atom is 0.230 e. The molecule has 1 saturated heterocycles. The predicted octanol–water partition coefficient (Wildman–Crippen LogP) is 2.95. The van der Waals surface area contributed by atoms with Gasteiger partial charge in [0.2, 0.25) is 5.91 Å². The first-order valence-corrected chi connectivity index (χ1v) is 10.7. The second-order valence-electron chi connectivity index (χ2n) is 7.09. The first-order chi connectivity index (χ1) is 12.3. The molecule has 6 nitrogen and oxygen atoms in total. The van der Waals surface area contributed by atoms with Gasteiger partial charge >= 0.3 is 0 Å². The number of aromatic nitrogens is 3. The second-order valence-corrected chi connectivity index (χ2v) is 8.03. The van der Waals surface area contributed by atoms with E-state index in [1.165, 1.54) is 31.0 Å². The van der Waals surface area contributed by atoms with Crippen molar-refractivity contribution in [1.29, 1.82) is 0 Å². The van der Waals surface area contributed by atoms with Crippen molar-refractivity contribution in [3.8, 4) is 0 Å². The van der Waals surface area contributed by atoms with Crippen LogP contribution in [0.4, 0.5) is 0 Å². The maximum absolute atomic E-state index is 12.3. The highest BCUT2D eigenvalue weighted by molar-refractivity contribution is 7.99. The van der Waals surface area contributed by atoms with Gasteiger partial charge in [0.25, 0.3) is 0 Å². The molecule has 2 heterocycles. The van der Waals surface area contributed by atoms with E-state index in [0.29, 0.717) is 11.8 Å². The molecule has 0 bridgehead atoms. The average molecular weight is 367 g/mol. The summed E-state index contributed by atoms with van der Waals surface area (Å²) in [5.41, 5.74) is 0. The van der Waals surface area contributed by atoms with Gasteiger partial charge in [-0.15, -0.1) is 10.2 Å². The molecule has 140 valence electrons. The van der Waals surface area contributed by atoms with E-state index in [-0.39, 0.29) is 12.0 Å². The lowest BCUT2D eigenvalue weighted by Gasteiger charge is -2.22. The van der Waals surface area contributed by atoms with Crippen LogP contribution >= 0.6 is 11.8 Å². The Balaban J connectivity index is 1.55. The van der Waals surface area contributed by atoms with Crippen molar-refractivity contribution in [2.45, 2.75) is 88.6 Å². The Hall–Kier alpha value is -1.08. The Morgan fingerprint density at radius 1 is 1.24 bits per heavy atom. The first-order valence-electron chi connectivity index (χ1n) is 9.72. The minimum absolute atomic E-state index is 0.112. The van der Waals surface area contributed by atoms with E-state index in [9.17, 15) is 4.79 Å². The number of ether oxygens (including phenoxy) is 1. The van der Waals surface area contributed by atoms with Gasteiger partial charge in [-0.05, 0) is 32.1 Å². The van der Waals surface area contributed by atoms with E-state index in [2.05, 4.69) is 27.0 Å². The normalized spacial score (nSPS) is 21.6. The molecule has 2 aliphatic rings. The molecule has 1 amide bonds. The van der Waals surface area contributed by atoms with Crippen LogP contribution in [0.5, 0.6) is 0 Å². The molecule has 1 aromatic heterocycles. The third kappa shape index (κ3) is 5.45. The Morgan fingerprint density at radius 2 is 2.08 bits per heavy atom. The van der Waals surface area contributed by atoms with E-state index in [1.54, 1.807) is 0 Å². The van der Waals surface area contributed by atoms with E-state index in [0.717, 1.165) is 62.7 Å². The van der Waals surface area contributed by atoms with Crippen LogP contribution in [0, 0.1) is 0 Å². The van der Waals surface area contributed by atoms with E-state index < -0.39 is 0 Å². The van der Waals surface area contributed by atoms with Crippen molar-refractivity contribution < 1.29 is 9.53 Å². The summed E-state index contributed by atoms with van der Waals surface area (Å²) in [7, 11) is 0. The fraction of sp³-hybridized carbons (Fsp3) is 0.833. The molecule has 0 radical (unpaired) electrons. The van der Waals surface area contributed by atoms with Crippen LogP contribution in [0.25, 0.3) is 0 Å². The molecular formula is C18H30N4O2S. The summed E-state index contributed by atoms with van der Waals surface area (Å²) in [5.74, 6) is 1.53. The average Bonchev–Trinajstić information content (AvgIpc) is 3.26. The fourth-order valence-corrected chi connectivity index (χ4v) is 4.43. The van der Waals surface area contributed by atoms with Crippen molar-refractivity contribution in [1.82, 2.24) is 20.1 Å². The lowest BCUT2D eigenvalue weighted by Crippen LogP contribution is -2.37. The molecule has 1 saturated carbocycles. The highest BCUT2D eigenvalue weighted by Gasteiger charge is 2.22. The summed E-state index contributed by atoms with van der Waals surface area (Å²) < 4.78 is 7.94. The van der Waals surface area contributed by atoms with Gasteiger partial charge in [0, 0.05) is 19.1 Å². The van der Waals surface area contributed by atoms with Gasteiger partial charge in [-0.25, -0.2) is 0 Å². The van der Waals surface area contributed by atoms with Crippen LogP contribution in [0.1, 0.15) is 64.1 Å². The van der Waals surface area contributed by atoms with Crippen LogP contribution in [-0.4, -0.2) is 45.2 Å². The number of hydrogen-bond donors (Lipinski definition) is 1. The molecule has 1 aliphatic carbocycles. The lowest BCUT2D eigenvalue weighted by molar-refractivity contribution is -0.119. The van der Waals surface area contributed by atoms with Crippen LogP contribution in [0.2, 0.25) is 0 Å². The molecule has 0 unspecified atom stereocenters. The van der Waals surface area contributed by atoms with Crippen molar-refractivity contribution >= 4 is 17.7 Å². The molecule has 1 N–H and O–H groups in total. The monoisotopic (exact) mass is 366 g/mol. The molecule has 1 atom stereocenters. The number of thioether (sulfide) groups is 1. The number of carbonyl (C=O) groups is 1. The SMILES string of the molecule is CCCc1nnc(SCC(=O)NC2CCCCC2)n1C[C@@H]1CCCO1. The van der Waals surface area contributed by atoms with Gasteiger partial charge in [0.15, 0.2) is 5.16 Å². The number of nitrogens with one attached hydrogen (secondary N) is 1. The molecule has 1 aromatic rings. The van der Waals surface area contributed by atoms with Crippen LogP contribution < -0.4 is 5.32 Å². The van der Waals surface area contributed by atoms with Gasteiger partial charge in [0.05, 0.1) is 18.4 Å². The van der Waals surface area contributed by atoms with Gasteiger partial charge in [-0.2, -0.15) is 0 Å². The van der Waals surface area contributed by atoms with Crippen LogP contribution in [-0.2, 0) is 22.5 Å². The highest BCUT2D eigenvalue weighted by Crippen LogP contribution is 2.22. The number of nitrogens with zero attached hydrogens (tertiary/aromatic N) is 3. The number of amides is 1. The molecule has 0 spiro atoms. The van der Waals surface area contributed by atoms with Crippen molar-refractivity contribution in [2.75, 3.05) is 12.4 Å². The molecule has 3 rings (SSSR count). The topological polar surface area (TPSA) is 69.0 Å². The summed E-state index contributed by atoms with van der Waals surface area (Å²) in [6, 6.07) is 0.363. The van der Waals surface area contributed by atoms with E-state index in [4.69, 9.17) is 4.74 Å². The smallest absolute Gasteiger partial charge is 0.230 e. The van der Waals surface area contributed by atoms with Crippen LogP contribution in [0.15, 0.2) is 5.16 Å². The van der Waals surface area contributed by atoms with Crippen molar-refractivity contribution in [3.05, 3.63) is 5.82 Å². The summed E-state index contributed by atoms with van der Waals surface area (Å²) in [4.78, 5) is 12.3. The zero-order valence-electron chi connectivity index (χ0n) is 15.2. The largest absolute Gasteiger partial charge is 0.376 e. The zero-order valence-corrected chi connectivity index (χ0v) is 16.0. The molecule has 2 fully saturated rings. The molecule has 7 heteroatoms. The minimum Gasteiger partial charge on any atom is -0.376 e. The summed E-state index contributed by atoms with van der Waals surface area (Å²) in [6.45, 7) is 3.80. The fourth-order valence-electron chi connectivity index (χ4n) is 3.66. The lowest BCUT2D eigenvalue weighted by atomic mass is 9.95. The zero-order chi connectivity index (χ0) is 17.5. The second kappa shape index (κ2) is 9.57.